The van der Waals surface area contributed by atoms with Crippen molar-refractivity contribution in [1.82, 2.24) is 5.32 Å². The molecule has 0 spiro atoms. The average molecular weight is 220 g/mol. The lowest BCUT2D eigenvalue weighted by molar-refractivity contribution is 0.373. The first kappa shape index (κ1) is 9.32. The molecule has 56 valence electrons. The Morgan fingerprint density at radius 1 is 1.67 bits per heavy atom. The van der Waals surface area contributed by atoms with Crippen molar-refractivity contribution in [2.24, 2.45) is 0 Å². The van der Waals surface area contributed by atoms with Gasteiger partial charge in [0.1, 0.15) is 0 Å². The Kier molecular flexibility index (Phi) is 5.31. The van der Waals surface area contributed by atoms with E-state index in [4.69, 9.17) is 0 Å². The summed E-state index contributed by atoms with van der Waals surface area (Å²) in [6.45, 7) is 0.310. The molecule has 0 aliphatic carbocycles. The number of alkyl halides is 2. The van der Waals surface area contributed by atoms with Crippen molar-refractivity contribution in [3.05, 3.63) is 0 Å². The summed E-state index contributed by atoms with van der Waals surface area (Å²) in [5, 5.41) is 2.66. The van der Waals surface area contributed by atoms with Gasteiger partial charge in [0.2, 0.25) is 5.63 Å². The zero-order valence-corrected chi connectivity index (χ0v) is 6.99. The summed E-state index contributed by atoms with van der Waals surface area (Å²) >= 11 is 3.00. The van der Waals surface area contributed by atoms with Crippen molar-refractivity contribution in [2.75, 3.05) is 11.9 Å². The molecule has 0 fully saturated rings. The minimum Gasteiger partial charge on any atom is -0.274 e. The van der Waals surface area contributed by atoms with Gasteiger partial charge in [-0.15, -0.1) is 0 Å². The van der Waals surface area contributed by atoms with Gasteiger partial charge in [-0.05, 0) is 0 Å². The van der Waals surface area contributed by atoms with Gasteiger partial charge in [0.05, 0.1) is 0 Å². The molecule has 0 bridgehead atoms. The lowest BCUT2D eigenvalue weighted by Crippen LogP contribution is -2.27. The van der Waals surface area contributed by atoms with Crippen LogP contribution in [0.2, 0.25) is 0 Å². The van der Waals surface area contributed by atoms with Crippen molar-refractivity contribution >= 4 is 26.6 Å². The zero-order valence-electron chi connectivity index (χ0n) is 4.51. The highest BCUT2D eigenvalue weighted by Gasteiger charge is 2.04. The van der Waals surface area contributed by atoms with E-state index in [2.05, 4.69) is 21.2 Å². The maximum atomic E-state index is 12.0. The molecule has 0 saturated carbocycles. The van der Waals surface area contributed by atoms with Crippen molar-refractivity contribution in [1.29, 1.82) is 0 Å². The highest BCUT2D eigenvalue weighted by Crippen LogP contribution is 1.84. The van der Waals surface area contributed by atoms with E-state index in [0.29, 0.717) is 11.9 Å². The topological polar surface area (TPSA) is 46.2 Å². The lowest BCUT2D eigenvalue weighted by atomic mass is 10.8. The Labute approximate surface area is 62.7 Å². The zero-order chi connectivity index (χ0) is 7.28. The van der Waals surface area contributed by atoms with E-state index in [-0.39, 0.29) is 0 Å². The van der Waals surface area contributed by atoms with Gasteiger partial charge in [-0.25, -0.2) is 12.8 Å². The molecule has 0 aromatic carbocycles. The van der Waals surface area contributed by atoms with Gasteiger partial charge in [0.25, 0.3) is 0 Å². The average Bonchev–Trinajstić information content (AvgIpc) is 1.82. The molecule has 0 amide bonds. The van der Waals surface area contributed by atoms with Crippen LogP contribution in [0.4, 0.5) is 4.39 Å². The minimum atomic E-state index is -2.97. The maximum absolute atomic E-state index is 12.0. The molecule has 0 saturated heterocycles. The molecule has 1 unspecified atom stereocenters. The highest BCUT2D eigenvalue weighted by atomic mass is 79.9. The van der Waals surface area contributed by atoms with E-state index in [9.17, 15) is 12.8 Å². The van der Waals surface area contributed by atoms with Crippen molar-refractivity contribution < 1.29 is 12.8 Å². The number of hydrogen-bond donors (Lipinski definition) is 2. The Bertz CT molecular complexity index is 132. The molecule has 9 heavy (non-hydrogen) atoms. The van der Waals surface area contributed by atoms with Crippen LogP contribution in [-0.2, 0) is 10.7 Å². The van der Waals surface area contributed by atoms with Crippen molar-refractivity contribution in [2.45, 2.75) is 5.63 Å². The molecule has 1 N–H and O–H groups in total. The third-order valence-electron chi connectivity index (χ3n) is 0.592. The molecule has 0 aliphatic heterocycles. The van der Waals surface area contributed by atoms with E-state index in [0.717, 1.165) is 0 Å². The monoisotopic (exact) mass is 219 g/mol. The fraction of sp³-hybridized carbons (Fsp3) is 1.00. The second-order valence-corrected chi connectivity index (χ2v) is 3.08. The highest BCUT2D eigenvalue weighted by molar-refractivity contribution is 9.09. The minimum absolute atomic E-state index is 0.310. The fourth-order valence-corrected chi connectivity index (χ4v) is 0.755. The maximum Gasteiger partial charge on any atom is 0.250 e. The summed E-state index contributed by atoms with van der Waals surface area (Å²) in [4.78, 5) is 0. The smallest absolute Gasteiger partial charge is 0.250 e. The van der Waals surface area contributed by atoms with Gasteiger partial charge in [0, 0.05) is 11.9 Å². The second kappa shape index (κ2) is 5.13. The van der Waals surface area contributed by atoms with Crippen LogP contribution < -0.4 is 5.32 Å². The second-order valence-electron chi connectivity index (χ2n) is 1.26. The molecule has 0 aromatic rings. The normalized spacial score (nSPS) is 14.1. The Morgan fingerprint density at radius 3 is 2.56 bits per heavy atom. The van der Waals surface area contributed by atoms with Crippen molar-refractivity contribution in [3.63, 3.8) is 0 Å². The van der Waals surface area contributed by atoms with Crippen LogP contribution in [0.15, 0.2) is 0 Å². The fourth-order valence-electron chi connectivity index (χ4n) is 0.248. The van der Waals surface area contributed by atoms with Crippen LogP contribution in [0.25, 0.3) is 0 Å². The van der Waals surface area contributed by atoms with Crippen LogP contribution in [0.5, 0.6) is 0 Å². The molecule has 0 radical (unpaired) electrons. The van der Waals surface area contributed by atoms with Gasteiger partial charge in [-0.1, -0.05) is 15.9 Å². The SMILES string of the molecule is O=[SH](=O)C(F)NCCBr. The molecule has 6 heteroatoms. The molecule has 0 rings (SSSR count). The molecule has 0 heterocycles. The van der Waals surface area contributed by atoms with Gasteiger partial charge in [-0.2, -0.15) is 0 Å². The molecule has 1 atom stereocenters. The van der Waals surface area contributed by atoms with Crippen LogP contribution >= 0.6 is 15.9 Å². The molecule has 0 aliphatic rings. The first-order valence-corrected chi connectivity index (χ1v) is 4.62. The van der Waals surface area contributed by atoms with Gasteiger partial charge < -0.3 is 0 Å². The summed E-state index contributed by atoms with van der Waals surface area (Å²) in [5.74, 6) is 0. The predicted molar refractivity (Wildman–Crippen MR) is 37.0 cm³/mol. The van der Waals surface area contributed by atoms with E-state index < -0.39 is 16.3 Å². The lowest BCUT2D eigenvalue weighted by Gasteiger charge is -1.99. The molecular formula is C3H7BrFNO2S. The van der Waals surface area contributed by atoms with E-state index in [1.54, 1.807) is 0 Å². The standard InChI is InChI=1S/C3H7BrFNO2S/c4-1-2-6-3(5)9(7)8/h3,6,9H,1-2H2. The van der Waals surface area contributed by atoms with Gasteiger partial charge >= 0.3 is 0 Å². The summed E-state index contributed by atoms with van der Waals surface area (Å²) < 4.78 is 31.6. The number of nitrogens with one attached hydrogen (secondary N) is 1. The Morgan fingerprint density at radius 2 is 2.22 bits per heavy atom. The van der Waals surface area contributed by atoms with Gasteiger partial charge in [-0.3, -0.25) is 5.32 Å². The van der Waals surface area contributed by atoms with E-state index >= 15 is 0 Å². The molecule has 0 aromatic heterocycles. The summed E-state index contributed by atoms with van der Waals surface area (Å²) in [7, 11) is -2.97. The van der Waals surface area contributed by atoms with Gasteiger partial charge in [0.15, 0.2) is 10.7 Å². The predicted octanol–water partition coefficient (Wildman–Crippen LogP) is -0.165. The van der Waals surface area contributed by atoms with Crippen LogP contribution in [0, 0.1) is 0 Å². The first-order chi connectivity index (χ1) is 4.18. The third-order valence-corrected chi connectivity index (χ3v) is 1.54. The quantitative estimate of drug-likeness (QED) is 0.393. The third kappa shape index (κ3) is 4.80. The van der Waals surface area contributed by atoms with Crippen LogP contribution in [0.1, 0.15) is 0 Å². The molecular weight excluding hydrogens is 213 g/mol. The largest absolute Gasteiger partial charge is 0.274 e. The Balaban J connectivity index is 3.38. The molecule has 3 nitrogen and oxygen atoms in total. The van der Waals surface area contributed by atoms with Crippen LogP contribution in [0.3, 0.4) is 0 Å². The number of thiol groups is 1. The van der Waals surface area contributed by atoms with E-state index in [1.165, 1.54) is 0 Å². The van der Waals surface area contributed by atoms with Crippen molar-refractivity contribution in [3.8, 4) is 0 Å². The summed E-state index contributed by atoms with van der Waals surface area (Å²) in [5.41, 5.74) is -1.91. The summed E-state index contributed by atoms with van der Waals surface area (Å²) in [6.07, 6.45) is 0. The van der Waals surface area contributed by atoms with E-state index in [1.807, 2.05) is 0 Å². The Hall–Kier alpha value is 0.320. The number of hydrogen-bond acceptors (Lipinski definition) is 3. The summed E-state index contributed by atoms with van der Waals surface area (Å²) in [6, 6.07) is 0. The number of rotatable bonds is 4. The number of halogens is 2. The first-order valence-electron chi connectivity index (χ1n) is 2.25. The van der Waals surface area contributed by atoms with Crippen LogP contribution in [-0.4, -0.2) is 25.9 Å².